The Bertz CT molecular complexity index is 831. The topological polar surface area (TPSA) is 35.0 Å². The van der Waals surface area contributed by atoms with E-state index in [0.29, 0.717) is 17.1 Å². The highest BCUT2D eigenvalue weighted by Gasteiger charge is 2.28. The number of fused-ring (bicyclic) bond motifs is 1. The van der Waals surface area contributed by atoms with Crippen molar-refractivity contribution in [2.45, 2.75) is 10.7 Å². The minimum Gasteiger partial charge on any atom is -0.438 e. The second kappa shape index (κ2) is 5.92. The van der Waals surface area contributed by atoms with Crippen LogP contribution in [0.2, 0.25) is 0 Å². The monoisotopic (exact) mass is 352 g/mol. The van der Waals surface area contributed by atoms with Gasteiger partial charge in [0.05, 0.1) is 10.9 Å². The lowest BCUT2D eigenvalue weighted by atomic mass is 10.2. The normalized spacial score (nSPS) is 11.6. The van der Waals surface area contributed by atoms with Crippen molar-refractivity contribution in [3.63, 3.8) is 0 Å². The van der Waals surface area contributed by atoms with E-state index in [1.54, 1.807) is 0 Å². The molecule has 0 bridgehead atoms. The van der Waals surface area contributed by atoms with Crippen LogP contribution < -0.4 is 4.74 Å². The van der Waals surface area contributed by atoms with Crippen molar-refractivity contribution in [1.82, 2.24) is 9.97 Å². The van der Waals surface area contributed by atoms with E-state index >= 15 is 0 Å². The van der Waals surface area contributed by atoms with E-state index in [9.17, 15) is 0 Å². The van der Waals surface area contributed by atoms with Gasteiger partial charge < -0.3 is 4.74 Å². The summed E-state index contributed by atoms with van der Waals surface area (Å²) in [5, 5.41) is 0.753. The van der Waals surface area contributed by atoms with Crippen LogP contribution in [0.25, 0.3) is 10.9 Å². The highest BCUT2D eigenvalue weighted by Crippen LogP contribution is 2.39. The van der Waals surface area contributed by atoms with E-state index in [0.717, 1.165) is 10.9 Å². The van der Waals surface area contributed by atoms with Crippen LogP contribution >= 0.6 is 34.8 Å². The van der Waals surface area contributed by atoms with Crippen molar-refractivity contribution in [1.29, 1.82) is 0 Å². The SMILES string of the molecule is Cc1ccccc1Oc1nc(C(Cl)(Cl)Cl)nc2ccccc12. The van der Waals surface area contributed by atoms with E-state index in [-0.39, 0.29) is 5.82 Å². The fourth-order valence-corrected chi connectivity index (χ4v) is 2.28. The van der Waals surface area contributed by atoms with Gasteiger partial charge in [-0.1, -0.05) is 65.1 Å². The zero-order valence-electron chi connectivity index (χ0n) is 11.6. The summed E-state index contributed by atoms with van der Waals surface area (Å²) in [5.74, 6) is 1.14. The number of alkyl halides is 3. The van der Waals surface area contributed by atoms with Gasteiger partial charge in [0.2, 0.25) is 9.67 Å². The summed E-state index contributed by atoms with van der Waals surface area (Å²) in [6.45, 7) is 1.95. The lowest BCUT2D eigenvalue weighted by Crippen LogP contribution is -2.08. The molecule has 3 rings (SSSR count). The number of hydrogen-bond donors (Lipinski definition) is 0. The summed E-state index contributed by atoms with van der Waals surface area (Å²) in [6, 6.07) is 15.1. The average molecular weight is 354 g/mol. The minimum atomic E-state index is -1.71. The third-order valence-electron chi connectivity index (χ3n) is 3.12. The Kier molecular flexibility index (Phi) is 4.13. The van der Waals surface area contributed by atoms with Crippen molar-refractivity contribution >= 4 is 45.7 Å². The maximum Gasteiger partial charge on any atom is 0.250 e. The third-order valence-corrected chi connectivity index (χ3v) is 3.63. The summed E-state index contributed by atoms with van der Waals surface area (Å²) in [4.78, 5) is 8.56. The Morgan fingerprint density at radius 3 is 2.32 bits per heavy atom. The molecule has 0 spiro atoms. The first-order chi connectivity index (χ1) is 10.4. The van der Waals surface area contributed by atoms with Crippen molar-refractivity contribution in [2.24, 2.45) is 0 Å². The molecule has 0 aliphatic heterocycles. The molecule has 0 N–H and O–H groups in total. The van der Waals surface area contributed by atoms with Crippen LogP contribution in [0.3, 0.4) is 0 Å². The molecule has 0 amide bonds. The van der Waals surface area contributed by atoms with Crippen molar-refractivity contribution in [3.05, 3.63) is 59.9 Å². The van der Waals surface area contributed by atoms with Crippen LogP contribution in [0.15, 0.2) is 48.5 Å². The number of halogens is 3. The maximum absolute atomic E-state index is 5.93. The molecule has 3 aromatic rings. The second-order valence-electron chi connectivity index (χ2n) is 4.73. The van der Waals surface area contributed by atoms with Gasteiger partial charge in [-0.2, -0.15) is 4.98 Å². The zero-order valence-corrected chi connectivity index (χ0v) is 13.8. The van der Waals surface area contributed by atoms with Crippen molar-refractivity contribution in [3.8, 4) is 11.6 Å². The molecule has 3 nitrogen and oxygen atoms in total. The molecule has 0 unspecified atom stereocenters. The van der Waals surface area contributed by atoms with Crippen LogP contribution in [0, 0.1) is 6.92 Å². The standard InChI is InChI=1S/C16H11Cl3N2O/c1-10-6-2-5-9-13(10)22-14-11-7-3-4-8-12(11)20-15(21-14)16(17,18)19/h2-9H,1H3. The van der Waals surface area contributed by atoms with Crippen LogP contribution in [-0.2, 0) is 3.79 Å². The molecular formula is C16H11Cl3N2O. The van der Waals surface area contributed by atoms with E-state index < -0.39 is 3.79 Å². The number of aromatic nitrogens is 2. The van der Waals surface area contributed by atoms with Gasteiger partial charge in [0.1, 0.15) is 5.75 Å². The Labute approximate surface area is 142 Å². The van der Waals surface area contributed by atoms with E-state index in [1.807, 2.05) is 55.5 Å². The lowest BCUT2D eigenvalue weighted by molar-refractivity contribution is 0.462. The number of aryl methyl sites for hydroxylation is 1. The Morgan fingerprint density at radius 2 is 1.59 bits per heavy atom. The summed E-state index contributed by atoms with van der Waals surface area (Å²) < 4.78 is 4.22. The number of hydrogen-bond acceptors (Lipinski definition) is 3. The largest absolute Gasteiger partial charge is 0.438 e. The lowest BCUT2D eigenvalue weighted by Gasteiger charge is -2.14. The Morgan fingerprint density at radius 1 is 0.909 bits per heavy atom. The van der Waals surface area contributed by atoms with Crippen LogP contribution in [0.5, 0.6) is 11.6 Å². The highest BCUT2D eigenvalue weighted by atomic mass is 35.6. The zero-order chi connectivity index (χ0) is 15.7. The summed E-state index contributed by atoms with van der Waals surface area (Å²) in [5.41, 5.74) is 1.64. The highest BCUT2D eigenvalue weighted by molar-refractivity contribution is 6.66. The molecule has 0 radical (unpaired) electrons. The van der Waals surface area contributed by atoms with E-state index in [4.69, 9.17) is 39.5 Å². The molecule has 1 aromatic heterocycles. The van der Waals surface area contributed by atoms with Gasteiger partial charge in [0.25, 0.3) is 0 Å². The first kappa shape index (κ1) is 15.3. The molecule has 2 aromatic carbocycles. The summed E-state index contributed by atoms with van der Waals surface area (Å²) in [7, 11) is 0. The van der Waals surface area contributed by atoms with Crippen molar-refractivity contribution in [2.75, 3.05) is 0 Å². The molecule has 0 atom stereocenters. The van der Waals surface area contributed by atoms with E-state index in [1.165, 1.54) is 0 Å². The van der Waals surface area contributed by atoms with Crippen LogP contribution in [0.4, 0.5) is 0 Å². The number of benzene rings is 2. The molecule has 0 saturated heterocycles. The van der Waals surface area contributed by atoms with Gasteiger partial charge in [-0.15, -0.1) is 0 Å². The Hall–Kier alpha value is -1.55. The number of ether oxygens (including phenoxy) is 1. The van der Waals surface area contributed by atoms with Gasteiger partial charge in [-0.05, 0) is 30.7 Å². The fourth-order valence-electron chi connectivity index (χ4n) is 2.03. The molecule has 1 heterocycles. The molecule has 22 heavy (non-hydrogen) atoms. The number of para-hydroxylation sites is 2. The summed E-state index contributed by atoms with van der Waals surface area (Å²) in [6.07, 6.45) is 0. The predicted octanol–water partition coefficient (Wildman–Crippen LogP) is 5.56. The maximum atomic E-state index is 5.93. The van der Waals surface area contributed by atoms with Gasteiger partial charge in [-0.25, -0.2) is 4.98 Å². The second-order valence-corrected chi connectivity index (χ2v) is 7.02. The minimum absolute atomic E-state index is 0.0831. The molecule has 0 saturated carbocycles. The van der Waals surface area contributed by atoms with Gasteiger partial charge in [-0.3, -0.25) is 0 Å². The quantitative estimate of drug-likeness (QED) is 0.566. The third kappa shape index (κ3) is 3.12. The van der Waals surface area contributed by atoms with Gasteiger partial charge in [0.15, 0.2) is 5.82 Å². The Balaban J connectivity index is 2.17. The fraction of sp³-hybridized carbons (Fsp3) is 0.125. The number of rotatable bonds is 2. The molecule has 6 heteroatoms. The molecular weight excluding hydrogens is 343 g/mol. The van der Waals surface area contributed by atoms with Crippen LogP contribution in [0.1, 0.15) is 11.4 Å². The van der Waals surface area contributed by atoms with Crippen molar-refractivity contribution < 1.29 is 4.74 Å². The first-order valence-electron chi connectivity index (χ1n) is 6.52. The van der Waals surface area contributed by atoms with Gasteiger partial charge >= 0.3 is 0 Å². The summed E-state index contributed by atoms with van der Waals surface area (Å²) >= 11 is 17.7. The molecule has 0 aliphatic carbocycles. The number of nitrogens with zero attached hydrogens (tertiary/aromatic N) is 2. The molecule has 0 fully saturated rings. The molecule has 112 valence electrons. The smallest absolute Gasteiger partial charge is 0.250 e. The average Bonchev–Trinajstić information content (AvgIpc) is 2.48. The van der Waals surface area contributed by atoms with Gasteiger partial charge in [0, 0.05) is 0 Å². The predicted molar refractivity (Wildman–Crippen MR) is 90.0 cm³/mol. The molecule has 0 aliphatic rings. The first-order valence-corrected chi connectivity index (χ1v) is 7.66. The van der Waals surface area contributed by atoms with Crippen LogP contribution in [-0.4, -0.2) is 9.97 Å². The van der Waals surface area contributed by atoms with E-state index in [2.05, 4.69) is 9.97 Å².